The summed E-state index contributed by atoms with van der Waals surface area (Å²) in [6.45, 7) is 7.23. The summed E-state index contributed by atoms with van der Waals surface area (Å²) >= 11 is 6.28. The fourth-order valence-electron chi connectivity index (χ4n) is 3.47. The molecule has 2 aromatic rings. The van der Waals surface area contributed by atoms with Crippen molar-refractivity contribution in [3.8, 4) is 5.75 Å². The average molecular weight is 414 g/mol. The van der Waals surface area contributed by atoms with Gasteiger partial charge in [0.25, 0.3) is 5.91 Å². The van der Waals surface area contributed by atoms with Gasteiger partial charge in [-0.2, -0.15) is 0 Å². The van der Waals surface area contributed by atoms with Crippen LogP contribution in [0.4, 0.5) is 5.69 Å². The second kappa shape index (κ2) is 7.56. The van der Waals surface area contributed by atoms with Gasteiger partial charge >= 0.3 is 0 Å². The lowest BCUT2D eigenvalue weighted by atomic mass is 9.82. The minimum atomic E-state index is -0.765. The number of amides is 1. The monoisotopic (exact) mass is 413 g/mol. The molecule has 1 aliphatic rings. The Morgan fingerprint density at radius 1 is 1.17 bits per heavy atom. The van der Waals surface area contributed by atoms with Crippen molar-refractivity contribution < 1.29 is 19.4 Å². The molecule has 3 rings (SSSR count). The molecule has 1 heterocycles. The van der Waals surface area contributed by atoms with Crippen molar-refractivity contribution in [2.24, 2.45) is 5.41 Å². The minimum absolute atomic E-state index is 0.0973. The van der Waals surface area contributed by atoms with Crippen molar-refractivity contribution in [3.05, 3.63) is 69.9 Å². The first-order chi connectivity index (χ1) is 13.6. The van der Waals surface area contributed by atoms with E-state index in [0.717, 1.165) is 11.1 Å². The molecule has 0 radical (unpaired) electrons. The van der Waals surface area contributed by atoms with Crippen LogP contribution in [-0.4, -0.2) is 23.9 Å². The lowest BCUT2D eigenvalue weighted by molar-refractivity contribution is -0.123. The van der Waals surface area contributed by atoms with E-state index in [1.54, 1.807) is 39.0 Å². The van der Waals surface area contributed by atoms with Crippen LogP contribution in [0.2, 0.25) is 5.02 Å². The highest BCUT2D eigenvalue weighted by Crippen LogP contribution is 2.44. The predicted molar refractivity (Wildman–Crippen MR) is 114 cm³/mol. The predicted octanol–water partition coefficient (Wildman–Crippen LogP) is 5.17. The maximum atomic E-state index is 13.2. The average Bonchev–Trinajstić information content (AvgIpc) is 2.91. The molecule has 1 unspecified atom stereocenters. The first kappa shape index (κ1) is 20.9. The highest BCUT2D eigenvalue weighted by molar-refractivity contribution is 6.32. The van der Waals surface area contributed by atoms with Crippen LogP contribution >= 0.6 is 11.6 Å². The largest absolute Gasteiger partial charge is 0.503 e. The highest BCUT2D eigenvalue weighted by Gasteiger charge is 2.46. The number of methoxy groups -OCH3 is 1. The first-order valence-corrected chi connectivity index (χ1v) is 9.65. The second-order valence-electron chi connectivity index (χ2n) is 8.15. The number of hydrogen-bond donors (Lipinski definition) is 1. The van der Waals surface area contributed by atoms with Crippen LogP contribution in [0.15, 0.2) is 53.8 Å². The second-order valence-corrected chi connectivity index (χ2v) is 8.56. The van der Waals surface area contributed by atoms with Crippen LogP contribution in [0.25, 0.3) is 0 Å². The fourth-order valence-corrected chi connectivity index (χ4v) is 3.72. The van der Waals surface area contributed by atoms with Gasteiger partial charge in [-0.05, 0) is 30.7 Å². The Hall–Kier alpha value is -2.79. The van der Waals surface area contributed by atoms with Crippen LogP contribution < -0.4 is 9.64 Å². The molecule has 6 heteroatoms. The van der Waals surface area contributed by atoms with E-state index in [2.05, 4.69) is 0 Å². The van der Waals surface area contributed by atoms with Gasteiger partial charge in [0.15, 0.2) is 11.5 Å². The zero-order valence-corrected chi connectivity index (χ0v) is 17.9. The molecule has 1 N–H and O–H groups in total. The molecule has 152 valence electrons. The summed E-state index contributed by atoms with van der Waals surface area (Å²) in [6, 6.07) is 11.7. The molecule has 0 saturated carbocycles. The van der Waals surface area contributed by atoms with E-state index in [0.29, 0.717) is 16.5 Å². The summed E-state index contributed by atoms with van der Waals surface area (Å²) < 4.78 is 5.19. The maximum Gasteiger partial charge on any atom is 0.294 e. The normalized spacial score (nSPS) is 17.1. The number of halogens is 1. The van der Waals surface area contributed by atoms with Gasteiger partial charge in [-0.15, -0.1) is 0 Å². The van der Waals surface area contributed by atoms with Crippen molar-refractivity contribution in [1.82, 2.24) is 0 Å². The van der Waals surface area contributed by atoms with Crippen LogP contribution in [-0.2, 0) is 9.59 Å². The minimum Gasteiger partial charge on any atom is -0.503 e. The Kier molecular flexibility index (Phi) is 5.46. The van der Waals surface area contributed by atoms with Gasteiger partial charge in [-0.3, -0.25) is 14.5 Å². The molecule has 0 fully saturated rings. The van der Waals surface area contributed by atoms with Crippen molar-refractivity contribution in [1.29, 1.82) is 0 Å². The van der Waals surface area contributed by atoms with Gasteiger partial charge in [-0.1, -0.05) is 62.2 Å². The highest BCUT2D eigenvalue weighted by atomic mass is 35.5. The summed E-state index contributed by atoms with van der Waals surface area (Å²) in [4.78, 5) is 27.7. The molecule has 29 heavy (non-hydrogen) atoms. The van der Waals surface area contributed by atoms with Gasteiger partial charge in [-0.25, -0.2) is 0 Å². The third kappa shape index (κ3) is 3.75. The molecule has 0 aromatic heterocycles. The standard InChI is InChI=1S/C23H24ClNO4/c1-13-7-6-8-14(11-13)19-18(21(27)23(2,3)4)20(26)22(28)25(19)15-9-10-17(29-5)16(24)12-15/h6-12,19,26H,1-5H3. The van der Waals surface area contributed by atoms with Gasteiger partial charge in [0.1, 0.15) is 5.75 Å². The van der Waals surface area contributed by atoms with Crippen molar-refractivity contribution in [3.63, 3.8) is 0 Å². The summed E-state index contributed by atoms with van der Waals surface area (Å²) in [6.07, 6.45) is 0. The van der Waals surface area contributed by atoms with Crippen molar-refractivity contribution in [2.45, 2.75) is 33.7 Å². The number of hydrogen-bond acceptors (Lipinski definition) is 4. The smallest absolute Gasteiger partial charge is 0.294 e. The Morgan fingerprint density at radius 2 is 1.86 bits per heavy atom. The molecule has 5 nitrogen and oxygen atoms in total. The lowest BCUT2D eigenvalue weighted by Crippen LogP contribution is -2.32. The van der Waals surface area contributed by atoms with Crippen LogP contribution in [0.1, 0.15) is 37.9 Å². The van der Waals surface area contributed by atoms with Crippen LogP contribution in [0, 0.1) is 12.3 Å². The van der Waals surface area contributed by atoms with E-state index in [1.807, 2.05) is 31.2 Å². The van der Waals surface area contributed by atoms with E-state index in [9.17, 15) is 14.7 Å². The summed E-state index contributed by atoms with van der Waals surface area (Å²) in [7, 11) is 1.50. The number of aryl methyl sites for hydroxylation is 1. The van der Waals surface area contributed by atoms with Crippen molar-refractivity contribution >= 4 is 29.0 Å². The Labute approximate surface area is 175 Å². The quantitative estimate of drug-likeness (QED) is 0.750. The molecule has 1 atom stereocenters. The van der Waals surface area contributed by atoms with Gasteiger partial charge < -0.3 is 9.84 Å². The molecular formula is C23H24ClNO4. The van der Waals surface area contributed by atoms with E-state index in [1.165, 1.54) is 12.0 Å². The third-order valence-electron chi connectivity index (χ3n) is 4.91. The number of nitrogens with zero attached hydrogens (tertiary/aromatic N) is 1. The Morgan fingerprint density at radius 3 is 2.41 bits per heavy atom. The molecule has 0 aliphatic carbocycles. The number of aliphatic hydroxyl groups is 1. The lowest BCUT2D eigenvalue weighted by Gasteiger charge is -2.29. The maximum absolute atomic E-state index is 13.2. The Balaban J connectivity index is 2.22. The molecule has 0 spiro atoms. The van der Waals surface area contributed by atoms with Gasteiger partial charge in [0.05, 0.1) is 23.7 Å². The third-order valence-corrected chi connectivity index (χ3v) is 5.20. The van der Waals surface area contributed by atoms with Gasteiger partial charge in [0, 0.05) is 11.1 Å². The molecule has 0 saturated heterocycles. The number of carbonyl (C=O) groups is 2. The molecule has 1 amide bonds. The van der Waals surface area contributed by atoms with Crippen LogP contribution in [0.3, 0.4) is 0 Å². The summed E-state index contributed by atoms with van der Waals surface area (Å²) in [5, 5.41) is 11.0. The molecule has 1 aliphatic heterocycles. The van der Waals surface area contributed by atoms with E-state index >= 15 is 0 Å². The van der Waals surface area contributed by atoms with Gasteiger partial charge in [0.2, 0.25) is 0 Å². The van der Waals surface area contributed by atoms with Crippen LogP contribution in [0.5, 0.6) is 5.75 Å². The number of anilines is 1. The Bertz CT molecular complexity index is 1020. The van der Waals surface area contributed by atoms with E-state index in [4.69, 9.17) is 16.3 Å². The number of Topliss-reactive ketones (excluding diaryl/α,β-unsaturated/α-hetero) is 1. The summed E-state index contributed by atoms with van der Waals surface area (Å²) in [5.74, 6) is -0.969. The zero-order valence-electron chi connectivity index (χ0n) is 17.1. The van der Waals surface area contributed by atoms with E-state index in [-0.39, 0.29) is 11.4 Å². The number of ketones is 1. The van der Waals surface area contributed by atoms with E-state index < -0.39 is 23.1 Å². The number of aliphatic hydroxyl groups excluding tert-OH is 1. The number of carbonyl (C=O) groups excluding carboxylic acids is 2. The molecular weight excluding hydrogens is 390 g/mol. The number of rotatable bonds is 4. The topological polar surface area (TPSA) is 66.8 Å². The zero-order chi connectivity index (χ0) is 21.5. The number of benzene rings is 2. The summed E-state index contributed by atoms with van der Waals surface area (Å²) in [5.41, 5.74) is 1.52. The first-order valence-electron chi connectivity index (χ1n) is 9.28. The fraction of sp³-hybridized carbons (Fsp3) is 0.304. The SMILES string of the molecule is COc1ccc(N2C(=O)C(O)=C(C(=O)C(C)(C)C)C2c2cccc(C)c2)cc1Cl. The molecule has 0 bridgehead atoms. The van der Waals surface area contributed by atoms with Crippen molar-refractivity contribution in [2.75, 3.05) is 12.0 Å². The number of ether oxygens (including phenoxy) is 1. The molecule has 2 aromatic carbocycles.